The Morgan fingerprint density at radius 1 is 1.31 bits per heavy atom. The molecule has 1 heterocycles. The van der Waals surface area contributed by atoms with Crippen LogP contribution in [0.25, 0.3) is 0 Å². The lowest BCUT2D eigenvalue weighted by molar-refractivity contribution is -0.130. The Labute approximate surface area is 97.6 Å². The average molecular weight is 222 g/mol. The van der Waals surface area contributed by atoms with E-state index in [1.807, 2.05) is 7.05 Å². The number of nitrogens with one attached hydrogen (secondary N) is 1. The highest BCUT2D eigenvalue weighted by Gasteiger charge is 2.41. The summed E-state index contributed by atoms with van der Waals surface area (Å²) in [6, 6.07) is 0.0959. The standard InChI is InChI=1S/C13H22N2O/c1-14-12-4-5-15(13(12)16)8-11-7-9-2-3-10(11)6-9/h9-12,14H,2-8H2,1H3. The van der Waals surface area contributed by atoms with Crippen LogP contribution in [-0.4, -0.2) is 37.0 Å². The number of amides is 1. The van der Waals surface area contributed by atoms with Crippen molar-refractivity contribution in [2.45, 2.75) is 38.1 Å². The number of nitrogens with zero attached hydrogens (tertiary/aromatic N) is 1. The maximum absolute atomic E-state index is 12.0. The minimum Gasteiger partial charge on any atom is -0.341 e. The van der Waals surface area contributed by atoms with Crippen LogP contribution in [0.5, 0.6) is 0 Å². The van der Waals surface area contributed by atoms with E-state index in [-0.39, 0.29) is 6.04 Å². The third-order valence-electron chi connectivity index (χ3n) is 4.99. The second kappa shape index (κ2) is 4.02. The summed E-state index contributed by atoms with van der Waals surface area (Å²) < 4.78 is 0. The molecular formula is C13H22N2O. The fourth-order valence-electron chi connectivity index (χ4n) is 4.07. The molecule has 3 aliphatic rings. The molecule has 1 amide bonds. The number of fused-ring (bicyclic) bond motifs is 2. The van der Waals surface area contributed by atoms with Crippen molar-refractivity contribution in [3.05, 3.63) is 0 Å². The fourth-order valence-corrected chi connectivity index (χ4v) is 4.07. The van der Waals surface area contributed by atoms with Crippen LogP contribution in [0, 0.1) is 17.8 Å². The number of likely N-dealkylation sites (N-methyl/N-ethyl adjacent to an activating group) is 1. The molecule has 3 nitrogen and oxygen atoms in total. The van der Waals surface area contributed by atoms with Crippen molar-refractivity contribution in [2.75, 3.05) is 20.1 Å². The van der Waals surface area contributed by atoms with Gasteiger partial charge >= 0.3 is 0 Å². The van der Waals surface area contributed by atoms with Crippen molar-refractivity contribution < 1.29 is 4.79 Å². The van der Waals surface area contributed by atoms with E-state index in [1.165, 1.54) is 25.7 Å². The maximum atomic E-state index is 12.0. The first-order chi connectivity index (χ1) is 7.78. The summed E-state index contributed by atoms with van der Waals surface area (Å²) in [5, 5.41) is 3.11. The van der Waals surface area contributed by atoms with E-state index < -0.39 is 0 Å². The van der Waals surface area contributed by atoms with E-state index in [2.05, 4.69) is 10.2 Å². The van der Waals surface area contributed by atoms with Gasteiger partial charge in [-0.25, -0.2) is 0 Å². The first-order valence-corrected chi connectivity index (χ1v) is 6.74. The first-order valence-electron chi connectivity index (χ1n) is 6.74. The van der Waals surface area contributed by atoms with Crippen LogP contribution in [0.15, 0.2) is 0 Å². The van der Waals surface area contributed by atoms with Crippen molar-refractivity contribution in [3.63, 3.8) is 0 Å². The second-order valence-corrected chi connectivity index (χ2v) is 5.85. The van der Waals surface area contributed by atoms with Crippen LogP contribution in [0.2, 0.25) is 0 Å². The Balaban J connectivity index is 1.58. The normalized spacial score (nSPS) is 42.3. The number of likely N-dealkylation sites (tertiary alicyclic amines) is 1. The van der Waals surface area contributed by atoms with Gasteiger partial charge in [0.1, 0.15) is 0 Å². The average Bonchev–Trinajstić information content (AvgIpc) is 2.96. The van der Waals surface area contributed by atoms with Crippen molar-refractivity contribution in [1.82, 2.24) is 10.2 Å². The predicted molar refractivity (Wildman–Crippen MR) is 63.0 cm³/mol. The van der Waals surface area contributed by atoms with Gasteiger partial charge in [0.25, 0.3) is 0 Å². The molecular weight excluding hydrogens is 200 g/mol. The molecule has 0 spiro atoms. The number of hydrogen-bond donors (Lipinski definition) is 1. The molecule has 16 heavy (non-hydrogen) atoms. The highest BCUT2D eigenvalue weighted by atomic mass is 16.2. The van der Waals surface area contributed by atoms with Gasteiger partial charge < -0.3 is 10.2 Å². The van der Waals surface area contributed by atoms with E-state index in [0.29, 0.717) is 5.91 Å². The molecule has 0 radical (unpaired) electrons. The lowest BCUT2D eigenvalue weighted by Gasteiger charge is -2.27. The molecule has 3 heteroatoms. The SMILES string of the molecule is CNC1CCN(CC2CC3CCC2C3)C1=O. The van der Waals surface area contributed by atoms with Crippen LogP contribution < -0.4 is 5.32 Å². The molecule has 4 atom stereocenters. The number of carbonyl (C=O) groups excluding carboxylic acids is 1. The smallest absolute Gasteiger partial charge is 0.239 e. The molecule has 0 aromatic rings. The Bertz CT molecular complexity index is 292. The molecule has 2 saturated carbocycles. The van der Waals surface area contributed by atoms with Gasteiger partial charge in [0.2, 0.25) is 5.91 Å². The monoisotopic (exact) mass is 222 g/mol. The summed E-state index contributed by atoms with van der Waals surface area (Å²) in [6.07, 6.45) is 6.71. The Hall–Kier alpha value is -0.570. The zero-order chi connectivity index (χ0) is 11.1. The van der Waals surface area contributed by atoms with E-state index in [4.69, 9.17) is 0 Å². The number of rotatable bonds is 3. The zero-order valence-electron chi connectivity index (χ0n) is 10.1. The van der Waals surface area contributed by atoms with Gasteiger partial charge in [-0.2, -0.15) is 0 Å². The summed E-state index contributed by atoms with van der Waals surface area (Å²) in [5.74, 6) is 3.09. The quantitative estimate of drug-likeness (QED) is 0.779. The van der Waals surface area contributed by atoms with Crippen molar-refractivity contribution in [1.29, 1.82) is 0 Å². The summed E-state index contributed by atoms with van der Waals surface area (Å²) in [6.45, 7) is 2.01. The van der Waals surface area contributed by atoms with Crippen LogP contribution in [0.1, 0.15) is 32.1 Å². The summed E-state index contributed by atoms with van der Waals surface area (Å²) in [7, 11) is 1.89. The second-order valence-electron chi connectivity index (χ2n) is 5.85. The van der Waals surface area contributed by atoms with Gasteiger partial charge in [0.15, 0.2) is 0 Å². The Kier molecular flexibility index (Phi) is 2.66. The molecule has 1 aliphatic heterocycles. The van der Waals surface area contributed by atoms with E-state index in [0.717, 1.165) is 37.3 Å². The van der Waals surface area contributed by atoms with E-state index >= 15 is 0 Å². The number of carbonyl (C=O) groups is 1. The molecule has 3 rings (SSSR count). The molecule has 1 saturated heterocycles. The Morgan fingerprint density at radius 3 is 2.75 bits per heavy atom. The van der Waals surface area contributed by atoms with Crippen molar-refractivity contribution in [3.8, 4) is 0 Å². The van der Waals surface area contributed by atoms with Gasteiger partial charge in [-0.1, -0.05) is 6.42 Å². The molecule has 3 fully saturated rings. The van der Waals surface area contributed by atoms with Crippen LogP contribution in [0.3, 0.4) is 0 Å². The zero-order valence-corrected chi connectivity index (χ0v) is 10.1. The fraction of sp³-hybridized carbons (Fsp3) is 0.923. The van der Waals surface area contributed by atoms with Gasteiger partial charge in [0.05, 0.1) is 6.04 Å². The molecule has 4 unspecified atom stereocenters. The highest BCUT2D eigenvalue weighted by molar-refractivity contribution is 5.83. The molecule has 0 aromatic heterocycles. The third-order valence-corrected chi connectivity index (χ3v) is 4.99. The summed E-state index contributed by atoms with van der Waals surface area (Å²) >= 11 is 0. The van der Waals surface area contributed by atoms with Crippen LogP contribution in [0.4, 0.5) is 0 Å². The van der Waals surface area contributed by atoms with Crippen LogP contribution >= 0.6 is 0 Å². The minimum atomic E-state index is 0.0959. The van der Waals surface area contributed by atoms with Gasteiger partial charge in [0, 0.05) is 13.1 Å². The molecule has 2 bridgehead atoms. The van der Waals surface area contributed by atoms with Crippen molar-refractivity contribution in [2.24, 2.45) is 17.8 Å². The Morgan fingerprint density at radius 2 is 2.19 bits per heavy atom. The van der Waals surface area contributed by atoms with Crippen LogP contribution in [-0.2, 0) is 4.79 Å². The molecule has 1 N–H and O–H groups in total. The van der Waals surface area contributed by atoms with E-state index in [9.17, 15) is 4.79 Å². The molecule has 0 aromatic carbocycles. The van der Waals surface area contributed by atoms with Gasteiger partial charge in [-0.3, -0.25) is 4.79 Å². The molecule has 90 valence electrons. The number of hydrogen-bond acceptors (Lipinski definition) is 2. The van der Waals surface area contributed by atoms with Gasteiger partial charge in [-0.05, 0) is 50.5 Å². The predicted octanol–water partition coefficient (Wildman–Crippen LogP) is 1.24. The molecule has 2 aliphatic carbocycles. The van der Waals surface area contributed by atoms with Gasteiger partial charge in [-0.15, -0.1) is 0 Å². The maximum Gasteiger partial charge on any atom is 0.239 e. The highest BCUT2D eigenvalue weighted by Crippen LogP contribution is 2.48. The minimum absolute atomic E-state index is 0.0959. The van der Waals surface area contributed by atoms with Crippen molar-refractivity contribution >= 4 is 5.91 Å². The lowest BCUT2D eigenvalue weighted by atomic mass is 9.88. The van der Waals surface area contributed by atoms with E-state index in [1.54, 1.807) is 0 Å². The third kappa shape index (κ3) is 1.65. The lowest BCUT2D eigenvalue weighted by Crippen LogP contribution is -2.39. The topological polar surface area (TPSA) is 32.3 Å². The summed E-state index contributed by atoms with van der Waals surface area (Å²) in [4.78, 5) is 14.1. The summed E-state index contributed by atoms with van der Waals surface area (Å²) in [5.41, 5.74) is 0. The first kappa shape index (κ1) is 10.6. The largest absolute Gasteiger partial charge is 0.341 e.